The number of carbonyl (C=O) groups excluding carboxylic acids is 1. The fourth-order valence-electron chi connectivity index (χ4n) is 2.17. The van der Waals surface area contributed by atoms with Crippen molar-refractivity contribution < 1.29 is 29.0 Å². The van der Waals surface area contributed by atoms with Gasteiger partial charge in [0.2, 0.25) is 0 Å². The van der Waals surface area contributed by atoms with Crippen LogP contribution in [0.25, 0.3) is 0 Å². The van der Waals surface area contributed by atoms with Gasteiger partial charge in [-0.3, -0.25) is 0 Å². The molecule has 0 aliphatic carbocycles. The highest BCUT2D eigenvalue weighted by Crippen LogP contribution is 2.06. The van der Waals surface area contributed by atoms with Crippen LogP contribution in [-0.2, 0) is 14.6 Å². The van der Waals surface area contributed by atoms with Crippen molar-refractivity contribution in [1.29, 1.82) is 0 Å². The van der Waals surface area contributed by atoms with E-state index in [2.05, 4.69) is 6.92 Å². The van der Waals surface area contributed by atoms with E-state index in [1.807, 2.05) is 5.32 Å². The Bertz CT molecular complexity index is 355. The van der Waals surface area contributed by atoms with Gasteiger partial charge >= 0.3 is 0 Å². The summed E-state index contributed by atoms with van der Waals surface area (Å²) in [7, 11) is -3.01. The lowest BCUT2D eigenvalue weighted by Crippen LogP contribution is -3.04. The van der Waals surface area contributed by atoms with Crippen molar-refractivity contribution in [2.45, 2.75) is 31.8 Å². The Morgan fingerprint density at radius 1 is 1.29 bits per heavy atom. The molecule has 1 saturated heterocycles. The van der Waals surface area contributed by atoms with Crippen LogP contribution in [0.4, 0.5) is 0 Å². The van der Waals surface area contributed by atoms with Gasteiger partial charge in [-0.15, -0.1) is 0 Å². The number of nitrogens with two attached hydrogens (primary N) is 2. The van der Waals surface area contributed by atoms with Gasteiger partial charge in [0, 0.05) is 0 Å². The first kappa shape index (κ1) is 14.4. The van der Waals surface area contributed by atoms with Crippen molar-refractivity contribution >= 4 is 15.8 Å². The molecule has 0 aromatic heterocycles. The fraction of sp³-hybridized carbons (Fsp3) is 0.900. The second-order valence-electron chi connectivity index (χ2n) is 4.59. The van der Waals surface area contributed by atoms with Crippen LogP contribution >= 0.6 is 0 Å². The first-order valence-electron chi connectivity index (χ1n) is 6.01. The zero-order chi connectivity index (χ0) is 12.9. The number of carboxylic acids is 1. The summed E-state index contributed by atoms with van der Waals surface area (Å²) in [5.74, 6) is -0.917. The minimum atomic E-state index is -3.01. The van der Waals surface area contributed by atoms with Crippen LogP contribution in [0, 0.1) is 0 Å². The van der Waals surface area contributed by atoms with Crippen molar-refractivity contribution in [1.82, 2.24) is 0 Å². The molecule has 0 unspecified atom stereocenters. The first-order valence-corrected chi connectivity index (χ1v) is 7.83. The number of sulfone groups is 1. The first-order chi connectivity index (χ1) is 7.94. The molecule has 17 heavy (non-hydrogen) atoms. The van der Waals surface area contributed by atoms with Gasteiger partial charge in [-0.25, -0.2) is 8.42 Å². The number of aliphatic carboxylic acids is 1. The Kier molecular flexibility index (Phi) is 5.35. The highest BCUT2D eigenvalue weighted by Gasteiger charge is 2.42. The lowest BCUT2D eigenvalue weighted by Gasteiger charge is -2.15. The summed E-state index contributed by atoms with van der Waals surface area (Å²) in [5, 5.41) is 14.0. The number of rotatable bonds is 7. The lowest BCUT2D eigenvalue weighted by molar-refractivity contribution is -0.763. The Morgan fingerprint density at radius 3 is 2.41 bits per heavy atom. The molecule has 0 radical (unpaired) electrons. The molecule has 100 valence electrons. The number of quaternary nitrogens is 2. The third-order valence-electron chi connectivity index (χ3n) is 3.06. The molecule has 6 nitrogen and oxygen atoms in total. The average molecular weight is 265 g/mol. The molecule has 1 aliphatic heterocycles. The molecule has 0 aromatic rings. The van der Waals surface area contributed by atoms with E-state index < -0.39 is 15.8 Å². The second kappa shape index (κ2) is 6.32. The average Bonchev–Trinajstić information content (AvgIpc) is 2.51. The normalized spacial score (nSPS) is 27.1. The maximum atomic E-state index is 11.5. The van der Waals surface area contributed by atoms with Crippen LogP contribution in [-0.4, -0.2) is 51.1 Å². The SMILES string of the molecule is CCCC[NH2+][C@H]1CS(=O)(=O)C[C@@H]1[NH2+]CC(=O)[O-]. The zero-order valence-electron chi connectivity index (χ0n) is 10.1. The summed E-state index contributed by atoms with van der Waals surface area (Å²) in [6.07, 6.45) is 2.12. The molecule has 0 bridgehead atoms. The van der Waals surface area contributed by atoms with E-state index in [1.165, 1.54) is 0 Å². The van der Waals surface area contributed by atoms with Crippen LogP contribution in [0.15, 0.2) is 0 Å². The molecule has 0 amide bonds. The van der Waals surface area contributed by atoms with Gasteiger partial charge in [-0.05, 0) is 6.42 Å². The molecule has 4 N–H and O–H groups in total. The largest absolute Gasteiger partial charge is 0.544 e. The second-order valence-corrected chi connectivity index (χ2v) is 6.75. The molecule has 0 aromatic carbocycles. The predicted molar refractivity (Wildman–Crippen MR) is 59.7 cm³/mol. The van der Waals surface area contributed by atoms with Gasteiger partial charge in [0.25, 0.3) is 0 Å². The van der Waals surface area contributed by atoms with Gasteiger partial charge in [0.15, 0.2) is 21.9 Å². The van der Waals surface area contributed by atoms with Crippen molar-refractivity contribution in [2.75, 3.05) is 24.6 Å². The topological polar surface area (TPSA) is 107 Å². The summed E-state index contributed by atoms with van der Waals surface area (Å²) in [4.78, 5) is 10.4. The molecule has 7 heteroatoms. The smallest absolute Gasteiger partial charge is 0.162 e. The summed E-state index contributed by atoms with van der Waals surface area (Å²) in [6, 6.07) is -0.180. The molecule has 1 aliphatic rings. The maximum Gasteiger partial charge on any atom is 0.162 e. The fourth-order valence-corrected chi connectivity index (χ4v) is 4.25. The summed E-state index contributed by atoms with van der Waals surface area (Å²) in [6.45, 7) is 2.81. The van der Waals surface area contributed by atoms with Crippen molar-refractivity contribution in [2.24, 2.45) is 0 Å². The van der Waals surface area contributed by atoms with Gasteiger partial charge in [-0.2, -0.15) is 0 Å². The minimum Gasteiger partial charge on any atom is -0.544 e. The Balaban J connectivity index is 2.49. The number of carbonyl (C=O) groups is 1. The van der Waals surface area contributed by atoms with Crippen LogP contribution in [0.5, 0.6) is 0 Å². The number of carboxylic acid groups (broad SMARTS) is 1. The van der Waals surface area contributed by atoms with E-state index in [4.69, 9.17) is 0 Å². The molecule has 1 fully saturated rings. The number of hydrogen-bond acceptors (Lipinski definition) is 4. The third-order valence-corrected chi connectivity index (χ3v) is 4.84. The van der Waals surface area contributed by atoms with E-state index in [9.17, 15) is 18.3 Å². The number of unbranched alkanes of at least 4 members (excludes halogenated alkanes) is 1. The van der Waals surface area contributed by atoms with Crippen molar-refractivity contribution in [3.05, 3.63) is 0 Å². The van der Waals surface area contributed by atoms with E-state index in [0.717, 1.165) is 19.4 Å². The minimum absolute atomic E-state index is 0.0223. The predicted octanol–water partition coefficient (Wildman–Crippen LogP) is -4.17. The Morgan fingerprint density at radius 2 is 1.88 bits per heavy atom. The van der Waals surface area contributed by atoms with Gasteiger partial charge in [-0.1, -0.05) is 13.3 Å². The van der Waals surface area contributed by atoms with Crippen LogP contribution in [0.1, 0.15) is 19.8 Å². The molecule has 2 atom stereocenters. The van der Waals surface area contributed by atoms with Crippen LogP contribution < -0.4 is 15.7 Å². The van der Waals surface area contributed by atoms with E-state index in [1.54, 1.807) is 5.32 Å². The van der Waals surface area contributed by atoms with Crippen LogP contribution in [0.3, 0.4) is 0 Å². The highest BCUT2D eigenvalue weighted by atomic mass is 32.2. The van der Waals surface area contributed by atoms with Crippen molar-refractivity contribution in [3.8, 4) is 0 Å². The molecular weight excluding hydrogens is 244 g/mol. The maximum absolute atomic E-state index is 11.5. The van der Waals surface area contributed by atoms with Gasteiger partial charge in [0.1, 0.15) is 18.1 Å². The quantitative estimate of drug-likeness (QED) is 0.455. The highest BCUT2D eigenvalue weighted by molar-refractivity contribution is 7.91. The third kappa shape index (κ3) is 5.01. The summed E-state index contributed by atoms with van der Waals surface area (Å²) in [5.41, 5.74) is 0. The van der Waals surface area contributed by atoms with E-state index in [0.29, 0.717) is 0 Å². The van der Waals surface area contributed by atoms with E-state index >= 15 is 0 Å². The monoisotopic (exact) mass is 265 g/mol. The Labute approximate surface area is 102 Å². The Hall–Kier alpha value is -0.660. The van der Waals surface area contributed by atoms with Gasteiger partial charge in [0.05, 0.1) is 12.5 Å². The summed E-state index contributed by atoms with van der Waals surface area (Å²) < 4.78 is 23.1. The molecule has 1 rings (SSSR count). The zero-order valence-corrected chi connectivity index (χ0v) is 10.9. The standard InChI is InChI=1S/C10H20N2O4S/c1-2-3-4-11-8-6-17(15,16)7-9(8)12-5-10(13)14/h8-9,11-12H,2-7H2,1H3,(H,13,14)/p+1/t8-,9-/m0/s1. The van der Waals surface area contributed by atoms with Crippen LogP contribution in [0.2, 0.25) is 0 Å². The molecule has 0 saturated carbocycles. The van der Waals surface area contributed by atoms with Gasteiger partial charge < -0.3 is 20.5 Å². The lowest BCUT2D eigenvalue weighted by atomic mass is 10.1. The molecule has 1 heterocycles. The number of hydrogen-bond donors (Lipinski definition) is 2. The van der Waals surface area contributed by atoms with E-state index in [-0.39, 0.29) is 30.1 Å². The summed E-state index contributed by atoms with van der Waals surface area (Å²) >= 11 is 0. The molecule has 0 spiro atoms. The molecular formula is C10H21N2O4S+. The van der Waals surface area contributed by atoms with Crippen molar-refractivity contribution in [3.63, 3.8) is 0 Å².